The van der Waals surface area contributed by atoms with Crippen LogP contribution in [-0.2, 0) is 17.8 Å². The van der Waals surface area contributed by atoms with Gasteiger partial charge in [0.1, 0.15) is 17.7 Å². The maximum atomic E-state index is 13.5. The third kappa shape index (κ3) is 3.15. The van der Waals surface area contributed by atoms with Gasteiger partial charge < -0.3 is 10.8 Å². The van der Waals surface area contributed by atoms with Crippen molar-refractivity contribution in [3.8, 4) is 0 Å². The molecule has 1 aromatic carbocycles. The zero-order valence-corrected chi connectivity index (χ0v) is 10.3. The highest BCUT2D eigenvalue weighted by Crippen LogP contribution is 2.13. The molecule has 0 aliphatic carbocycles. The fourth-order valence-electron chi connectivity index (χ4n) is 1.67. The highest BCUT2D eigenvalue weighted by Gasteiger charge is 2.15. The number of rotatable bonds is 5. The molecule has 2 rings (SSSR count). The molecule has 0 aliphatic rings. The van der Waals surface area contributed by atoms with Gasteiger partial charge in [0.15, 0.2) is 0 Å². The largest absolute Gasteiger partial charge is 0.480 e. The van der Waals surface area contributed by atoms with Gasteiger partial charge in [-0.25, -0.2) is 13.5 Å². The van der Waals surface area contributed by atoms with Crippen LogP contribution in [0, 0.1) is 11.6 Å². The number of aliphatic carboxylic acids is 1. The molecule has 0 spiro atoms. The van der Waals surface area contributed by atoms with Crippen LogP contribution < -0.4 is 5.73 Å². The number of nitrogens with zero attached hydrogens (tertiary/aromatic N) is 3. The minimum absolute atomic E-state index is 0.00487. The van der Waals surface area contributed by atoms with E-state index in [4.69, 9.17) is 10.8 Å². The average Bonchev–Trinajstić information content (AvgIpc) is 2.81. The molecule has 20 heavy (non-hydrogen) atoms. The molecule has 1 unspecified atom stereocenters. The van der Waals surface area contributed by atoms with Crippen LogP contribution >= 0.6 is 0 Å². The van der Waals surface area contributed by atoms with Gasteiger partial charge in [-0.1, -0.05) is 11.3 Å². The van der Waals surface area contributed by atoms with E-state index in [0.717, 1.165) is 12.1 Å². The van der Waals surface area contributed by atoms with Crippen LogP contribution in [0.15, 0.2) is 24.4 Å². The van der Waals surface area contributed by atoms with Gasteiger partial charge in [-0.2, -0.15) is 0 Å². The van der Waals surface area contributed by atoms with Crippen molar-refractivity contribution in [2.24, 2.45) is 5.73 Å². The maximum Gasteiger partial charge on any atom is 0.320 e. The van der Waals surface area contributed by atoms with Gasteiger partial charge in [-0.15, -0.1) is 5.10 Å². The van der Waals surface area contributed by atoms with Crippen molar-refractivity contribution in [3.05, 3.63) is 47.3 Å². The van der Waals surface area contributed by atoms with E-state index in [1.165, 1.54) is 16.9 Å². The van der Waals surface area contributed by atoms with Gasteiger partial charge in [0.2, 0.25) is 0 Å². The minimum atomic E-state index is -1.15. The normalized spacial score (nSPS) is 12.3. The lowest BCUT2D eigenvalue weighted by Crippen LogP contribution is -2.32. The van der Waals surface area contributed by atoms with E-state index in [2.05, 4.69) is 10.3 Å². The molecule has 1 heterocycles. The van der Waals surface area contributed by atoms with Gasteiger partial charge >= 0.3 is 5.97 Å². The fourth-order valence-corrected chi connectivity index (χ4v) is 1.67. The van der Waals surface area contributed by atoms with Crippen LogP contribution in [0.2, 0.25) is 0 Å². The van der Waals surface area contributed by atoms with Crippen molar-refractivity contribution in [2.75, 3.05) is 0 Å². The first-order valence-corrected chi connectivity index (χ1v) is 5.77. The summed E-state index contributed by atoms with van der Waals surface area (Å²) in [5, 5.41) is 16.1. The minimum Gasteiger partial charge on any atom is -0.480 e. The second-order valence-electron chi connectivity index (χ2n) is 4.26. The Hall–Kier alpha value is -2.35. The summed E-state index contributed by atoms with van der Waals surface area (Å²) in [5.74, 6) is -2.51. The third-order valence-corrected chi connectivity index (χ3v) is 2.71. The summed E-state index contributed by atoms with van der Waals surface area (Å²) in [7, 11) is 0. The molecule has 0 fully saturated rings. The van der Waals surface area contributed by atoms with E-state index in [-0.39, 0.29) is 18.5 Å². The monoisotopic (exact) mass is 282 g/mol. The Morgan fingerprint density at radius 3 is 2.65 bits per heavy atom. The molecule has 0 amide bonds. The van der Waals surface area contributed by atoms with Crippen LogP contribution in [-0.4, -0.2) is 32.1 Å². The van der Waals surface area contributed by atoms with Gasteiger partial charge in [0, 0.05) is 18.2 Å². The highest BCUT2D eigenvalue weighted by molar-refractivity contribution is 5.73. The van der Waals surface area contributed by atoms with Crippen molar-refractivity contribution in [1.29, 1.82) is 0 Å². The number of hydrogen-bond donors (Lipinski definition) is 2. The molecule has 3 N–H and O–H groups in total. The molecule has 0 aliphatic heterocycles. The van der Waals surface area contributed by atoms with E-state index in [9.17, 15) is 13.6 Å². The lowest BCUT2D eigenvalue weighted by atomic mass is 10.2. The number of carbonyl (C=O) groups is 1. The van der Waals surface area contributed by atoms with Crippen LogP contribution in [0.1, 0.15) is 11.3 Å². The van der Waals surface area contributed by atoms with Crippen molar-refractivity contribution < 1.29 is 18.7 Å². The maximum absolute atomic E-state index is 13.5. The van der Waals surface area contributed by atoms with E-state index in [1.54, 1.807) is 0 Å². The summed E-state index contributed by atoms with van der Waals surface area (Å²) in [6.45, 7) is -0.131. The Bertz CT molecular complexity index is 609. The van der Waals surface area contributed by atoms with E-state index < -0.39 is 23.6 Å². The zero-order chi connectivity index (χ0) is 14.7. The summed E-state index contributed by atoms with van der Waals surface area (Å²) in [5.41, 5.74) is 5.57. The number of carboxylic acid groups (broad SMARTS) is 1. The average molecular weight is 282 g/mol. The lowest BCUT2D eigenvalue weighted by molar-refractivity contribution is -0.138. The molecule has 6 nitrogen and oxygen atoms in total. The third-order valence-electron chi connectivity index (χ3n) is 2.71. The molecule has 1 atom stereocenters. The second kappa shape index (κ2) is 5.74. The van der Waals surface area contributed by atoms with Crippen LogP contribution in [0.4, 0.5) is 8.78 Å². The molecule has 1 aromatic heterocycles. The molecular weight excluding hydrogens is 270 g/mol. The number of hydrogen-bond acceptors (Lipinski definition) is 4. The van der Waals surface area contributed by atoms with Gasteiger partial charge in [-0.3, -0.25) is 4.79 Å². The number of benzene rings is 1. The molecule has 0 saturated carbocycles. The first-order chi connectivity index (χ1) is 9.47. The second-order valence-corrected chi connectivity index (χ2v) is 4.26. The summed E-state index contributed by atoms with van der Waals surface area (Å²) in [4.78, 5) is 10.6. The Balaban J connectivity index is 2.12. The molecular formula is C12H12F2N4O2. The Labute approximate surface area is 112 Å². The summed E-state index contributed by atoms with van der Waals surface area (Å²) >= 11 is 0. The van der Waals surface area contributed by atoms with Crippen LogP contribution in [0.5, 0.6) is 0 Å². The molecule has 2 aromatic rings. The number of carboxylic acids is 1. The van der Waals surface area contributed by atoms with Gasteiger partial charge in [0.05, 0.1) is 12.2 Å². The molecule has 8 heteroatoms. The quantitative estimate of drug-likeness (QED) is 0.835. The van der Waals surface area contributed by atoms with E-state index in [0.29, 0.717) is 5.69 Å². The Morgan fingerprint density at radius 1 is 1.40 bits per heavy atom. The topological polar surface area (TPSA) is 94.0 Å². The summed E-state index contributed by atoms with van der Waals surface area (Å²) < 4.78 is 28.1. The molecule has 0 saturated heterocycles. The van der Waals surface area contributed by atoms with Crippen molar-refractivity contribution in [1.82, 2.24) is 15.0 Å². The lowest BCUT2D eigenvalue weighted by Gasteiger charge is -2.04. The Morgan fingerprint density at radius 2 is 2.05 bits per heavy atom. The Kier molecular flexibility index (Phi) is 4.04. The van der Waals surface area contributed by atoms with Crippen LogP contribution in [0.25, 0.3) is 0 Å². The number of halogens is 2. The fraction of sp³-hybridized carbons (Fsp3) is 0.250. The van der Waals surface area contributed by atoms with Gasteiger partial charge in [-0.05, 0) is 12.1 Å². The van der Waals surface area contributed by atoms with Crippen molar-refractivity contribution >= 4 is 5.97 Å². The summed E-state index contributed by atoms with van der Waals surface area (Å²) in [6.07, 6.45) is 1.41. The number of nitrogens with two attached hydrogens (primary N) is 1. The van der Waals surface area contributed by atoms with Gasteiger partial charge in [0.25, 0.3) is 0 Å². The predicted octanol–water partition coefficient (Wildman–Crippen LogP) is 0.559. The first-order valence-electron chi connectivity index (χ1n) is 5.77. The van der Waals surface area contributed by atoms with E-state index >= 15 is 0 Å². The smallest absolute Gasteiger partial charge is 0.320 e. The standard InChI is InChI=1S/C12H12F2N4O2/c13-9-2-1-3-10(14)8(9)6-18-5-7(16-17-18)4-11(15)12(19)20/h1-3,5,11H,4,6,15H2,(H,19,20). The highest BCUT2D eigenvalue weighted by atomic mass is 19.1. The van der Waals surface area contributed by atoms with Crippen molar-refractivity contribution in [2.45, 2.75) is 19.0 Å². The van der Waals surface area contributed by atoms with Crippen molar-refractivity contribution in [3.63, 3.8) is 0 Å². The van der Waals surface area contributed by atoms with Crippen LogP contribution in [0.3, 0.4) is 0 Å². The predicted molar refractivity (Wildman–Crippen MR) is 64.8 cm³/mol. The summed E-state index contributed by atoms with van der Waals surface area (Å²) in [6, 6.07) is 2.48. The number of aromatic nitrogens is 3. The first kappa shape index (κ1) is 14.1. The van der Waals surface area contributed by atoms with E-state index in [1.807, 2.05) is 0 Å². The molecule has 106 valence electrons. The zero-order valence-electron chi connectivity index (χ0n) is 10.3. The molecule has 0 radical (unpaired) electrons. The SMILES string of the molecule is NC(Cc1cn(Cc2c(F)cccc2F)nn1)C(=O)O. The molecule has 0 bridgehead atoms.